The molecule has 0 bridgehead atoms. The molecular formula is C25H26FN3O3S. The first-order chi connectivity index (χ1) is 15.8. The SMILES string of the molecule is CC(C)N1CCN(C(=O)c2cccc(/C=C3\SC(=O)N(Cc4ccc(F)cc4)C3=O)c2)CC1. The van der Waals surface area contributed by atoms with Crippen molar-refractivity contribution >= 4 is 34.9 Å². The summed E-state index contributed by atoms with van der Waals surface area (Å²) in [5.41, 5.74) is 1.92. The molecule has 8 heteroatoms. The van der Waals surface area contributed by atoms with Crippen molar-refractivity contribution in [1.29, 1.82) is 0 Å². The molecule has 0 aliphatic carbocycles. The molecular weight excluding hydrogens is 441 g/mol. The van der Waals surface area contributed by atoms with Gasteiger partial charge in [0.25, 0.3) is 17.1 Å². The van der Waals surface area contributed by atoms with Gasteiger partial charge in [-0.05, 0) is 67.1 Å². The van der Waals surface area contributed by atoms with Crippen LogP contribution in [0.3, 0.4) is 0 Å². The molecule has 0 atom stereocenters. The summed E-state index contributed by atoms with van der Waals surface area (Å²) in [5.74, 6) is -0.794. The number of amides is 3. The number of rotatable bonds is 5. The summed E-state index contributed by atoms with van der Waals surface area (Å²) in [5, 5.41) is -0.370. The highest BCUT2D eigenvalue weighted by Gasteiger charge is 2.35. The Morgan fingerprint density at radius 1 is 1.06 bits per heavy atom. The summed E-state index contributed by atoms with van der Waals surface area (Å²) in [6.45, 7) is 7.47. The van der Waals surface area contributed by atoms with E-state index < -0.39 is 5.91 Å². The van der Waals surface area contributed by atoms with Crippen molar-refractivity contribution in [3.63, 3.8) is 0 Å². The van der Waals surface area contributed by atoms with Gasteiger partial charge in [0.1, 0.15) is 5.82 Å². The second kappa shape index (κ2) is 9.89. The zero-order valence-corrected chi connectivity index (χ0v) is 19.5. The van der Waals surface area contributed by atoms with Gasteiger partial charge in [-0.25, -0.2) is 4.39 Å². The molecule has 6 nitrogen and oxygen atoms in total. The first kappa shape index (κ1) is 23.2. The lowest BCUT2D eigenvalue weighted by Crippen LogP contribution is -2.50. The smallest absolute Gasteiger partial charge is 0.293 e. The first-order valence-corrected chi connectivity index (χ1v) is 11.8. The molecule has 2 saturated heterocycles. The van der Waals surface area contributed by atoms with Crippen LogP contribution >= 0.6 is 11.8 Å². The van der Waals surface area contributed by atoms with E-state index in [1.165, 1.54) is 12.1 Å². The van der Waals surface area contributed by atoms with Gasteiger partial charge < -0.3 is 4.90 Å². The quantitative estimate of drug-likeness (QED) is 0.616. The van der Waals surface area contributed by atoms with E-state index in [1.807, 2.05) is 4.90 Å². The molecule has 0 saturated carbocycles. The van der Waals surface area contributed by atoms with Crippen LogP contribution in [-0.2, 0) is 11.3 Å². The Morgan fingerprint density at radius 2 is 1.76 bits per heavy atom. The van der Waals surface area contributed by atoms with E-state index in [0.717, 1.165) is 29.8 Å². The standard InChI is InChI=1S/C25H26FN3O3S/c1-17(2)27-10-12-28(13-11-27)23(30)20-5-3-4-19(14-20)15-22-24(31)29(25(32)33-22)16-18-6-8-21(26)9-7-18/h3-9,14-15,17H,10-13,16H2,1-2H3/b22-15-. The van der Waals surface area contributed by atoms with Gasteiger partial charge in [0, 0.05) is 37.8 Å². The van der Waals surface area contributed by atoms with Gasteiger partial charge in [-0.1, -0.05) is 24.3 Å². The van der Waals surface area contributed by atoms with Gasteiger partial charge in [-0.2, -0.15) is 0 Å². The second-order valence-electron chi connectivity index (χ2n) is 8.44. The van der Waals surface area contributed by atoms with Crippen LogP contribution in [0.25, 0.3) is 6.08 Å². The maximum absolute atomic E-state index is 13.1. The fourth-order valence-corrected chi connectivity index (χ4v) is 4.78. The lowest BCUT2D eigenvalue weighted by atomic mass is 10.1. The number of carbonyl (C=O) groups is 3. The Hall–Kier alpha value is -2.97. The molecule has 4 rings (SSSR count). The number of carbonyl (C=O) groups excluding carboxylic acids is 3. The molecule has 2 heterocycles. The molecule has 0 N–H and O–H groups in total. The van der Waals surface area contributed by atoms with Crippen LogP contribution in [0.15, 0.2) is 53.4 Å². The average molecular weight is 468 g/mol. The summed E-state index contributed by atoms with van der Waals surface area (Å²) >= 11 is 0.868. The van der Waals surface area contributed by atoms with Crippen molar-refractivity contribution in [2.24, 2.45) is 0 Å². The minimum Gasteiger partial charge on any atom is -0.336 e. The lowest BCUT2D eigenvalue weighted by Gasteiger charge is -2.37. The van der Waals surface area contributed by atoms with Crippen LogP contribution in [0.4, 0.5) is 9.18 Å². The second-order valence-corrected chi connectivity index (χ2v) is 9.43. The molecule has 2 aromatic rings. The van der Waals surface area contributed by atoms with Gasteiger partial charge in [0.05, 0.1) is 11.4 Å². The summed E-state index contributed by atoms with van der Waals surface area (Å²) < 4.78 is 13.1. The van der Waals surface area contributed by atoms with Crippen molar-refractivity contribution in [3.05, 3.63) is 75.9 Å². The number of hydrogen-bond acceptors (Lipinski definition) is 5. The van der Waals surface area contributed by atoms with Crippen molar-refractivity contribution in [1.82, 2.24) is 14.7 Å². The Labute approximate surface area is 197 Å². The fraction of sp³-hybridized carbons (Fsp3) is 0.320. The molecule has 0 unspecified atom stereocenters. The maximum atomic E-state index is 13.1. The van der Waals surface area contributed by atoms with Gasteiger partial charge in [0.2, 0.25) is 0 Å². The predicted octanol–water partition coefficient (Wildman–Crippen LogP) is 4.23. The maximum Gasteiger partial charge on any atom is 0.293 e. The van der Waals surface area contributed by atoms with E-state index in [4.69, 9.17) is 0 Å². The lowest BCUT2D eigenvalue weighted by molar-refractivity contribution is -0.123. The summed E-state index contributed by atoms with van der Waals surface area (Å²) in [7, 11) is 0. The van der Waals surface area contributed by atoms with Gasteiger partial charge >= 0.3 is 0 Å². The van der Waals surface area contributed by atoms with Crippen LogP contribution in [0.2, 0.25) is 0 Å². The van der Waals surface area contributed by atoms with Crippen LogP contribution in [0.1, 0.15) is 35.3 Å². The molecule has 33 heavy (non-hydrogen) atoms. The normalized spacial score (nSPS) is 18.6. The van der Waals surface area contributed by atoms with E-state index in [9.17, 15) is 18.8 Å². The third-order valence-electron chi connectivity index (χ3n) is 5.89. The van der Waals surface area contributed by atoms with Crippen molar-refractivity contribution < 1.29 is 18.8 Å². The molecule has 0 spiro atoms. The van der Waals surface area contributed by atoms with E-state index >= 15 is 0 Å². The largest absolute Gasteiger partial charge is 0.336 e. The topological polar surface area (TPSA) is 60.9 Å². The number of halogens is 1. The zero-order valence-electron chi connectivity index (χ0n) is 18.7. The third kappa shape index (κ3) is 5.34. The summed E-state index contributed by atoms with van der Waals surface area (Å²) in [6, 6.07) is 13.3. The summed E-state index contributed by atoms with van der Waals surface area (Å²) in [4.78, 5) is 43.8. The van der Waals surface area contributed by atoms with E-state index in [0.29, 0.717) is 40.7 Å². The molecule has 2 aromatic carbocycles. The molecule has 3 amide bonds. The van der Waals surface area contributed by atoms with Crippen LogP contribution < -0.4 is 0 Å². The fourth-order valence-electron chi connectivity index (χ4n) is 3.95. The van der Waals surface area contributed by atoms with Gasteiger partial charge in [0.15, 0.2) is 0 Å². The Kier molecular flexibility index (Phi) is 6.95. The molecule has 2 fully saturated rings. The zero-order chi connectivity index (χ0) is 23.5. The Morgan fingerprint density at radius 3 is 2.42 bits per heavy atom. The van der Waals surface area contributed by atoms with E-state index in [-0.39, 0.29) is 23.5 Å². The van der Waals surface area contributed by atoms with Crippen LogP contribution in [0, 0.1) is 5.82 Å². The number of benzene rings is 2. The molecule has 0 radical (unpaired) electrons. The summed E-state index contributed by atoms with van der Waals surface area (Å²) in [6.07, 6.45) is 1.64. The average Bonchev–Trinajstić information content (AvgIpc) is 3.07. The highest BCUT2D eigenvalue weighted by atomic mass is 32.2. The van der Waals surface area contributed by atoms with Crippen molar-refractivity contribution in [2.75, 3.05) is 26.2 Å². The number of imide groups is 1. The van der Waals surface area contributed by atoms with Crippen molar-refractivity contribution in [3.8, 4) is 0 Å². The van der Waals surface area contributed by atoms with Crippen LogP contribution in [0.5, 0.6) is 0 Å². The molecule has 0 aromatic heterocycles. The number of thioether (sulfide) groups is 1. The first-order valence-electron chi connectivity index (χ1n) is 10.9. The highest BCUT2D eigenvalue weighted by Crippen LogP contribution is 2.33. The minimum atomic E-state index is -0.393. The monoisotopic (exact) mass is 467 g/mol. The molecule has 172 valence electrons. The number of piperazine rings is 1. The van der Waals surface area contributed by atoms with E-state index in [1.54, 1.807) is 42.5 Å². The predicted molar refractivity (Wildman–Crippen MR) is 127 cm³/mol. The van der Waals surface area contributed by atoms with Crippen LogP contribution in [-0.4, -0.2) is 64.0 Å². The third-order valence-corrected chi connectivity index (χ3v) is 6.80. The van der Waals surface area contributed by atoms with E-state index in [2.05, 4.69) is 18.7 Å². The Balaban J connectivity index is 1.45. The molecule has 2 aliphatic rings. The number of nitrogens with zero attached hydrogens (tertiary/aromatic N) is 3. The Bertz CT molecular complexity index is 1090. The van der Waals surface area contributed by atoms with Gasteiger partial charge in [-0.3, -0.25) is 24.2 Å². The number of hydrogen-bond donors (Lipinski definition) is 0. The van der Waals surface area contributed by atoms with Gasteiger partial charge in [-0.15, -0.1) is 0 Å². The van der Waals surface area contributed by atoms with Crippen molar-refractivity contribution in [2.45, 2.75) is 26.4 Å². The minimum absolute atomic E-state index is 0.0296. The highest BCUT2D eigenvalue weighted by molar-refractivity contribution is 8.18. The molecule has 2 aliphatic heterocycles.